The Morgan fingerprint density at radius 3 is 2.71 bits per heavy atom. The predicted molar refractivity (Wildman–Crippen MR) is 67.6 cm³/mol. The van der Waals surface area contributed by atoms with Crippen LogP contribution >= 0.6 is 0 Å². The molecule has 1 saturated heterocycles. The number of hydrogen-bond donors (Lipinski definition) is 0. The average Bonchev–Trinajstić information content (AvgIpc) is 2.38. The van der Waals surface area contributed by atoms with Gasteiger partial charge in [0.15, 0.2) is 0 Å². The largest absolute Gasteiger partial charge is 0.375 e. The van der Waals surface area contributed by atoms with E-state index in [1.807, 2.05) is 6.92 Å². The van der Waals surface area contributed by atoms with E-state index in [1.165, 1.54) is 32.1 Å². The third-order valence-electron chi connectivity index (χ3n) is 4.61. The predicted octanol–water partition coefficient (Wildman–Crippen LogP) is 2.71. The molecule has 3 heteroatoms. The number of nitrogens with zero attached hydrogens (tertiary/aromatic N) is 2. The van der Waals surface area contributed by atoms with E-state index in [0.717, 1.165) is 19.4 Å². The molecule has 1 aliphatic heterocycles. The van der Waals surface area contributed by atoms with Gasteiger partial charge in [0, 0.05) is 12.6 Å². The molecule has 1 heterocycles. The van der Waals surface area contributed by atoms with Crippen LogP contribution < -0.4 is 0 Å². The van der Waals surface area contributed by atoms with Crippen molar-refractivity contribution < 1.29 is 4.74 Å². The number of rotatable bonds is 2. The van der Waals surface area contributed by atoms with E-state index in [4.69, 9.17) is 10.00 Å². The van der Waals surface area contributed by atoms with Crippen LogP contribution in [0.5, 0.6) is 0 Å². The Bertz CT molecular complexity index is 286. The highest BCUT2D eigenvalue weighted by Crippen LogP contribution is 2.39. The Balaban J connectivity index is 1.99. The SMILES string of the molecule is CC(C#N)N(C)C1CCOC2(CCCCC2)C1. The zero-order chi connectivity index (χ0) is 12.3. The van der Waals surface area contributed by atoms with Gasteiger partial charge in [0.1, 0.15) is 0 Å². The molecular formula is C14H24N2O. The topological polar surface area (TPSA) is 36.3 Å². The van der Waals surface area contributed by atoms with Gasteiger partial charge >= 0.3 is 0 Å². The second-order valence-electron chi connectivity index (χ2n) is 5.71. The lowest BCUT2D eigenvalue weighted by atomic mass is 9.78. The number of nitriles is 1. The van der Waals surface area contributed by atoms with Crippen molar-refractivity contribution in [2.75, 3.05) is 13.7 Å². The van der Waals surface area contributed by atoms with E-state index < -0.39 is 0 Å². The van der Waals surface area contributed by atoms with Crippen LogP contribution in [-0.2, 0) is 4.74 Å². The van der Waals surface area contributed by atoms with Gasteiger partial charge in [-0.1, -0.05) is 19.3 Å². The van der Waals surface area contributed by atoms with Gasteiger partial charge in [-0.25, -0.2) is 0 Å². The van der Waals surface area contributed by atoms with Crippen LogP contribution in [0.2, 0.25) is 0 Å². The standard InChI is InChI=1S/C14H24N2O/c1-12(11-15)16(2)13-6-9-17-14(10-13)7-4-3-5-8-14/h12-13H,3-10H2,1-2H3. The fraction of sp³-hybridized carbons (Fsp3) is 0.929. The molecule has 1 aliphatic carbocycles. The summed E-state index contributed by atoms with van der Waals surface area (Å²) >= 11 is 0. The fourth-order valence-corrected chi connectivity index (χ4v) is 3.30. The molecule has 96 valence electrons. The van der Waals surface area contributed by atoms with Crippen molar-refractivity contribution in [3.63, 3.8) is 0 Å². The lowest BCUT2D eigenvalue weighted by Crippen LogP contribution is -2.50. The molecule has 17 heavy (non-hydrogen) atoms. The first-order valence-corrected chi connectivity index (χ1v) is 6.92. The van der Waals surface area contributed by atoms with Gasteiger partial charge in [0.25, 0.3) is 0 Å². The molecular weight excluding hydrogens is 212 g/mol. The van der Waals surface area contributed by atoms with Gasteiger partial charge in [-0.15, -0.1) is 0 Å². The molecule has 0 aromatic heterocycles. The molecule has 2 rings (SSSR count). The minimum absolute atomic E-state index is 0.0127. The number of ether oxygens (including phenoxy) is 1. The fourth-order valence-electron chi connectivity index (χ4n) is 3.30. The molecule has 0 radical (unpaired) electrons. The maximum atomic E-state index is 9.01. The summed E-state index contributed by atoms with van der Waals surface area (Å²) in [5.74, 6) is 0. The smallest absolute Gasteiger partial charge is 0.0949 e. The van der Waals surface area contributed by atoms with Crippen LogP contribution in [0.25, 0.3) is 0 Å². The molecule has 2 aliphatic rings. The summed E-state index contributed by atoms with van der Waals surface area (Å²) in [5.41, 5.74) is 0.143. The van der Waals surface area contributed by atoms with E-state index in [1.54, 1.807) is 0 Å². The van der Waals surface area contributed by atoms with E-state index in [9.17, 15) is 0 Å². The molecule has 0 aromatic rings. The Morgan fingerprint density at radius 1 is 1.35 bits per heavy atom. The summed E-state index contributed by atoms with van der Waals surface area (Å²) in [5, 5.41) is 9.01. The zero-order valence-electron chi connectivity index (χ0n) is 11.1. The van der Waals surface area contributed by atoms with E-state index in [-0.39, 0.29) is 11.6 Å². The van der Waals surface area contributed by atoms with Gasteiger partial charge in [0.2, 0.25) is 0 Å². The van der Waals surface area contributed by atoms with Crippen LogP contribution in [0.3, 0.4) is 0 Å². The summed E-state index contributed by atoms with van der Waals surface area (Å²) in [6, 6.07) is 2.88. The average molecular weight is 236 g/mol. The first-order chi connectivity index (χ1) is 8.17. The summed E-state index contributed by atoms with van der Waals surface area (Å²) in [6.45, 7) is 2.86. The molecule has 2 atom stereocenters. The highest BCUT2D eigenvalue weighted by Gasteiger charge is 2.40. The molecule has 0 bridgehead atoms. The van der Waals surface area contributed by atoms with Crippen molar-refractivity contribution in [1.82, 2.24) is 4.90 Å². The van der Waals surface area contributed by atoms with Crippen molar-refractivity contribution in [1.29, 1.82) is 5.26 Å². The quantitative estimate of drug-likeness (QED) is 0.739. The maximum absolute atomic E-state index is 9.01. The molecule has 1 spiro atoms. The summed E-state index contributed by atoms with van der Waals surface area (Å²) in [6.07, 6.45) is 8.62. The first-order valence-electron chi connectivity index (χ1n) is 6.92. The molecule has 2 fully saturated rings. The van der Waals surface area contributed by atoms with Gasteiger partial charge < -0.3 is 4.74 Å². The van der Waals surface area contributed by atoms with E-state index >= 15 is 0 Å². The number of hydrogen-bond acceptors (Lipinski definition) is 3. The lowest BCUT2D eigenvalue weighted by Gasteiger charge is -2.46. The van der Waals surface area contributed by atoms with Crippen LogP contribution in [0, 0.1) is 11.3 Å². The van der Waals surface area contributed by atoms with Crippen LogP contribution in [0.1, 0.15) is 51.9 Å². The summed E-state index contributed by atoms with van der Waals surface area (Å²) in [4.78, 5) is 2.23. The molecule has 1 saturated carbocycles. The van der Waals surface area contributed by atoms with Gasteiger partial charge in [0.05, 0.1) is 17.7 Å². The van der Waals surface area contributed by atoms with Crippen molar-refractivity contribution >= 4 is 0 Å². The first kappa shape index (κ1) is 12.9. The van der Waals surface area contributed by atoms with Crippen LogP contribution in [-0.4, -0.2) is 36.2 Å². The van der Waals surface area contributed by atoms with Crippen LogP contribution in [0.15, 0.2) is 0 Å². The molecule has 2 unspecified atom stereocenters. The van der Waals surface area contributed by atoms with Crippen molar-refractivity contribution in [3.8, 4) is 6.07 Å². The van der Waals surface area contributed by atoms with Gasteiger partial charge in [-0.3, -0.25) is 4.90 Å². The third-order valence-corrected chi connectivity index (χ3v) is 4.61. The highest BCUT2D eigenvalue weighted by atomic mass is 16.5. The Morgan fingerprint density at radius 2 is 2.06 bits per heavy atom. The van der Waals surface area contributed by atoms with Crippen molar-refractivity contribution in [2.24, 2.45) is 0 Å². The normalized spacial score (nSPS) is 30.1. The Hall–Kier alpha value is -0.590. The Labute approximate surface area is 105 Å². The van der Waals surface area contributed by atoms with Gasteiger partial charge in [-0.2, -0.15) is 5.26 Å². The second-order valence-corrected chi connectivity index (χ2v) is 5.71. The highest BCUT2D eigenvalue weighted by molar-refractivity contribution is 4.96. The molecule has 3 nitrogen and oxygen atoms in total. The maximum Gasteiger partial charge on any atom is 0.0949 e. The minimum Gasteiger partial charge on any atom is -0.375 e. The second kappa shape index (κ2) is 5.37. The van der Waals surface area contributed by atoms with Gasteiger partial charge in [-0.05, 0) is 39.7 Å². The minimum atomic E-state index is 0.0127. The molecule has 0 aromatic carbocycles. The molecule has 0 N–H and O–H groups in total. The third kappa shape index (κ3) is 2.81. The lowest BCUT2D eigenvalue weighted by molar-refractivity contribution is -0.123. The van der Waals surface area contributed by atoms with Crippen molar-refractivity contribution in [3.05, 3.63) is 0 Å². The van der Waals surface area contributed by atoms with Crippen molar-refractivity contribution in [2.45, 2.75) is 69.6 Å². The van der Waals surface area contributed by atoms with E-state index in [2.05, 4.69) is 18.0 Å². The summed E-state index contributed by atoms with van der Waals surface area (Å²) in [7, 11) is 2.08. The van der Waals surface area contributed by atoms with Crippen LogP contribution in [0.4, 0.5) is 0 Å². The Kier molecular flexibility index (Phi) is 4.06. The van der Waals surface area contributed by atoms with E-state index in [0.29, 0.717) is 6.04 Å². The monoisotopic (exact) mass is 236 g/mol. The zero-order valence-corrected chi connectivity index (χ0v) is 11.1. The molecule has 0 amide bonds. The summed E-state index contributed by atoms with van der Waals surface area (Å²) < 4.78 is 6.09.